The normalized spacial score (nSPS) is 12.2. The fourth-order valence-corrected chi connectivity index (χ4v) is 1.04. The third-order valence-corrected chi connectivity index (χ3v) is 1.80. The van der Waals surface area contributed by atoms with Gasteiger partial charge >= 0.3 is 0 Å². The number of nitrogens with one attached hydrogen (secondary N) is 1. The maximum absolute atomic E-state index is 5.49. The Morgan fingerprint density at radius 1 is 1.57 bits per heavy atom. The minimum Gasteiger partial charge on any atom is -0.478 e. The van der Waals surface area contributed by atoms with Crippen LogP contribution >= 0.6 is 0 Å². The lowest BCUT2D eigenvalue weighted by molar-refractivity contribution is 0.327. The molecule has 0 bridgehead atoms. The average Bonchev–Trinajstić information content (AvgIpc) is 2.21. The van der Waals surface area contributed by atoms with Crippen LogP contribution in [0.15, 0.2) is 18.3 Å². The van der Waals surface area contributed by atoms with Crippen molar-refractivity contribution in [2.75, 3.05) is 18.5 Å². The lowest BCUT2D eigenvalue weighted by Crippen LogP contribution is -2.25. The van der Waals surface area contributed by atoms with Crippen molar-refractivity contribution in [1.29, 1.82) is 0 Å². The Labute approximate surface area is 84.5 Å². The van der Waals surface area contributed by atoms with Crippen LogP contribution in [0.5, 0.6) is 5.88 Å². The molecule has 0 saturated heterocycles. The van der Waals surface area contributed by atoms with Gasteiger partial charge in [0.25, 0.3) is 0 Å². The molecule has 1 rings (SSSR count). The monoisotopic (exact) mass is 195 g/mol. The number of rotatable bonds is 5. The number of nitrogens with zero attached hydrogens (tertiary/aromatic N) is 1. The third-order valence-electron chi connectivity index (χ3n) is 1.80. The minimum atomic E-state index is 0.259. The van der Waals surface area contributed by atoms with Gasteiger partial charge in [0.1, 0.15) is 0 Å². The molecule has 0 fully saturated rings. The Hall–Kier alpha value is -1.29. The van der Waals surface area contributed by atoms with Gasteiger partial charge in [-0.1, -0.05) is 0 Å². The van der Waals surface area contributed by atoms with Crippen LogP contribution in [-0.2, 0) is 0 Å². The summed E-state index contributed by atoms with van der Waals surface area (Å²) in [6.45, 7) is 5.20. The molecule has 0 aliphatic heterocycles. The minimum absolute atomic E-state index is 0.259. The molecule has 1 aromatic heterocycles. The van der Waals surface area contributed by atoms with Crippen LogP contribution in [0.4, 0.5) is 5.69 Å². The molecule has 0 spiro atoms. The predicted molar refractivity (Wildman–Crippen MR) is 57.5 cm³/mol. The van der Waals surface area contributed by atoms with Crippen LogP contribution < -0.4 is 15.8 Å². The Morgan fingerprint density at radius 2 is 2.36 bits per heavy atom. The number of hydrogen-bond acceptors (Lipinski definition) is 4. The molecule has 0 aliphatic carbocycles. The lowest BCUT2D eigenvalue weighted by atomic mass is 10.3. The highest BCUT2D eigenvalue weighted by molar-refractivity contribution is 5.42. The van der Waals surface area contributed by atoms with Gasteiger partial charge in [-0.15, -0.1) is 0 Å². The van der Waals surface area contributed by atoms with Crippen molar-refractivity contribution in [3.8, 4) is 5.88 Å². The second-order valence-corrected chi connectivity index (χ2v) is 3.10. The molecule has 1 aromatic rings. The summed E-state index contributed by atoms with van der Waals surface area (Å²) in [5.41, 5.74) is 6.45. The van der Waals surface area contributed by atoms with Gasteiger partial charge in [0.05, 0.1) is 18.5 Å². The third kappa shape index (κ3) is 3.22. The van der Waals surface area contributed by atoms with Crippen LogP contribution in [0, 0.1) is 0 Å². The highest BCUT2D eigenvalue weighted by atomic mass is 16.5. The predicted octanol–water partition coefficient (Wildman–Crippen LogP) is 1.24. The summed E-state index contributed by atoms with van der Waals surface area (Å²) in [4.78, 5) is 4.13. The zero-order chi connectivity index (χ0) is 10.4. The topological polar surface area (TPSA) is 60.2 Å². The van der Waals surface area contributed by atoms with E-state index in [0.717, 1.165) is 5.69 Å². The summed E-state index contributed by atoms with van der Waals surface area (Å²) in [5, 5.41) is 3.22. The quantitative estimate of drug-likeness (QED) is 0.742. The van der Waals surface area contributed by atoms with Gasteiger partial charge < -0.3 is 15.8 Å². The van der Waals surface area contributed by atoms with Crippen LogP contribution in [0.3, 0.4) is 0 Å². The Morgan fingerprint density at radius 3 is 2.86 bits per heavy atom. The van der Waals surface area contributed by atoms with Gasteiger partial charge in [0.2, 0.25) is 5.88 Å². The molecule has 0 amide bonds. The molecule has 0 aliphatic rings. The second-order valence-electron chi connectivity index (χ2n) is 3.10. The Kier molecular flexibility index (Phi) is 4.19. The fourth-order valence-electron chi connectivity index (χ4n) is 1.04. The highest BCUT2D eigenvalue weighted by Crippen LogP contribution is 2.11. The number of anilines is 1. The zero-order valence-corrected chi connectivity index (χ0v) is 8.66. The maximum atomic E-state index is 5.49. The molecule has 0 saturated carbocycles. The van der Waals surface area contributed by atoms with Gasteiger partial charge in [-0.05, 0) is 19.9 Å². The largest absolute Gasteiger partial charge is 0.478 e. The first kappa shape index (κ1) is 10.8. The Balaban J connectivity index is 2.54. The van der Waals surface area contributed by atoms with E-state index in [1.54, 1.807) is 6.20 Å². The molecule has 1 unspecified atom stereocenters. The lowest BCUT2D eigenvalue weighted by Gasteiger charge is -2.12. The summed E-state index contributed by atoms with van der Waals surface area (Å²) in [6.07, 6.45) is 1.75. The van der Waals surface area contributed by atoms with Crippen LogP contribution in [0.25, 0.3) is 0 Å². The smallest absolute Gasteiger partial charge is 0.213 e. The van der Waals surface area contributed by atoms with E-state index in [0.29, 0.717) is 19.0 Å². The number of nitrogens with two attached hydrogens (primary N) is 1. The van der Waals surface area contributed by atoms with E-state index in [9.17, 15) is 0 Å². The first-order valence-electron chi connectivity index (χ1n) is 4.81. The highest BCUT2D eigenvalue weighted by Gasteiger charge is 1.99. The van der Waals surface area contributed by atoms with Gasteiger partial charge in [-0.2, -0.15) is 0 Å². The van der Waals surface area contributed by atoms with Gasteiger partial charge in [0, 0.05) is 18.7 Å². The standard InChI is InChI=1S/C10H17N3O/c1-3-14-10-5-4-9(7-12-10)13-8(2)6-11/h4-5,7-8,13H,3,6,11H2,1-2H3. The number of hydrogen-bond donors (Lipinski definition) is 2. The summed E-state index contributed by atoms with van der Waals surface area (Å²) >= 11 is 0. The van der Waals surface area contributed by atoms with Crippen LogP contribution in [-0.4, -0.2) is 24.2 Å². The Bertz CT molecular complexity index is 261. The molecule has 3 N–H and O–H groups in total. The van der Waals surface area contributed by atoms with Gasteiger partial charge in [-0.3, -0.25) is 0 Å². The van der Waals surface area contributed by atoms with E-state index < -0.39 is 0 Å². The van der Waals surface area contributed by atoms with E-state index in [2.05, 4.69) is 10.3 Å². The van der Waals surface area contributed by atoms with Crippen molar-refractivity contribution >= 4 is 5.69 Å². The average molecular weight is 195 g/mol. The van der Waals surface area contributed by atoms with E-state index in [4.69, 9.17) is 10.5 Å². The van der Waals surface area contributed by atoms with E-state index in [1.165, 1.54) is 0 Å². The van der Waals surface area contributed by atoms with Crippen LogP contribution in [0.1, 0.15) is 13.8 Å². The van der Waals surface area contributed by atoms with E-state index >= 15 is 0 Å². The first-order valence-corrected chi connectivity index (χ1v) is 4.81. The molecule has 1 atom stereocenters. The summed E-state index contributed by atoms with van der Waals surface area (Å²) in [5.74, 6) is 0.651. The summed E-state index contributed by atoms with van der Waals surface area (Å²) in [6, 6.07) is 4.04. The zero-order valence-electron chi connectivity index (χ0n) is 8.66. The molecule has 4 nitrogen and oxygen atoms in total. The van der Waals surface area contributed by atoms with E-state index in [1.807, 2.05) is 26.0 Å². The summed E-state index contributed by atoms with van der Waals surface area (Å²) < 4.78 is 5.23. The number of ether oxygens (including phenoxy) is 1. The SMILES string of the molecule is CCOc1ccc(NC(C)CN)cn1. The van der Waals surface area contributed by atoms with Crippen molar-refractivity contribution in [2.24, 2.45) is 5.73 Å². The van der Waals surface area contributed by atoms with Crippen molar-refractivity contribution < 1.29 is 4.74 Å². The first-order chi connectivity index (χ1) is 6.76. The van der Waals surface area contributed by atoms with E-state index in [-0.39, 0.29) is 6.04 Å². The fraction of sp³-hybridized carbons (Fsp3) is 0.500. The van der Waals surface area contributed by atoms with Crippen molar-refractivity contribution in [3.63, 3.8) is 0 Å². The van der Waals surface area contributed by atoms with Crippen LogP contribution in [0.2, 0.25) is 0 Å². The molecule has 4 heteroatoms. The summed E-state index contributed by atoms with van der Waals surface area (Å²) in [7, 11) is 0. The number of pyridine rings is 1. The molecular formula is C10H17N3O. The maximum Gasteiger partial charge on any atom is 0.213 e. The molecular weight excluding hydrogens is 178 g/mol. The second kappa shape index (κ2) is 5.44. The van der Waals surface area contributed by atoms with Crippen molar-refractivity contribution in [2.45, 2.75) is 19.9 Å². The molecule has 78 valence electrons. The van der Waals surface area contributed by atoms with Gasteiger partial charge in [0.15, 0.2) is 0 Å². The van der Waals surface area contributed by atoms with Crippen molar-refractivity contribution in [1.82, 2.24) is 4.98 Å². The molecule has 0 radical (unpaired) electrons. The van der Waals surface area contributed by atoms with Crippen molar-refractivity contribution in [3.05, 3.63) is 18.3 Å². The molecule has 1 heterocycles. The van der Waals surface area contributed by atoms with Gasteiger partial charge in [-0.25, -0.2) is 4.98 Å². The number of aromatic nitrogens is 1. The molecule has 0 aromatic carbocycles. The molecule has 14 heavy (non-hydrogen) atoms.